The Bertz CT molecular complexity index is 475. The highest BCUT2D eigenvalue weighted by molar-refractivity contribution is 5.74. The fraction of sp³-hybridized carbons (Fsp3) is 0.600. The SMILES string of the molecule is CO[C@@]1(C)C[C@@H](NC(=O)NCc2cccnc2)C1(C)C. The van der Waals surface area contributed by atoms with Gasteiger partial charge in [-0.05, 0) is 25.0 Å². The van der Waals surface area contributed by atoms with Crippen LogP contribution in [0.25, 0.3) is 0 Å². The summed E-state index contributed by atoms with van der Waals surface area (Å²) in [5, 5.41) is 5.87. The van der Waals surface area contributed by atoms with Crippen LogP contribution in [0.3, 0.4) is 0 Å². The lowest BCUT2D eigenvalue weighted by molar-refractivity contribution is -0.177. The summed E-state index contributed by atoms with van der Waals surface area (Å²) in [4.78, 5) is 15.9. The van der Waals surface area contributed by atoms with Crippen molar-refractivity contribution in [2.75, 3.05) is 7.11 Å². The summed E-state index contributed by atoms with van der Waals surface area (Å²) in [6, 6.07) is 3.77. The van der Waals surface area contributed by atoms with Crippen LogP contribution in [0.4, 0.5) is 4.79 Å². The predicted molar refractivity (Wildman–Crippen MR) is 77.2 cm³/mol. The quantitative estimate of drug-likeness (QED) is 0.885. The summed E-state index contributed by atoms with van der Waals surface area (Å²) < 4.78 is 5.55. The minimum atomic E-state index is -0.172. The number of ether oxygens (including phenoxy) is 1. The molecule has 1 aliphatic carbocycles. The highest BCUT2D eigenvalue weighted by Gasteiger charge is 2.58. The van der Waals surface area contributed by atoms with Crippen LogP contribution in [0.15, 0.2) is 24.5 Å². The van der Waals surface area contributed by atoms with Gasteiger partial charge >= 0.3 is 6.03 Å². The molecule has 1 aromatic heterocycles. The number of hydrogen-bond donors (Lipinski definition) is 2. The number of amides is 2. The molecule has 2 rings (SSSR count). The molecule has 2 atom stereocenters. The Labute approximate surface area is 120 Å². The fourth-order valence-electron chi connectivity index (χ4n) is 2.62. The number of methoxy groups -OCH3 is 1. The molecule has 1 aromatic rings. The molecule has 5 nitrogen and oxygen atoms in total. The predicted octanol–water partition coefficient (Wildman–Crippen LogP) is 2.08. The molecule has 5 heteroatoms. The molecule has 0 saturated heterocycles. The standard InChI is InChI=1S/C15H23N3O2/c1-14(2)12(8-15(14,3)20-4)18-13(19)17-10-11-6-5-7-16-9-11/h5-7,9,12H,8,10H2,1-4H3,(H2,17,18,19)/t12-,15+/m1/s1. The van der Waals surface area contributed by atoms with Gasteiger partial charge in [0.1, 0.15) is 0 Å². The molecule has 0 unspecified atom stereocenters. The van der Waals surface area contributed by atoms with Crippen LogP contribution in [0, 0.1) is 5.41 Å². The lowest BCUT2D eigenvalue weighted by atomic mass is 9.56. The molecular weight excluding hydrogens is 254 g/mol. The minimum absolute atomic E-state index is 0.0760. The molecule has 2 amide bonds. The van der Waals surface area contributed by atoms with Crippen LogP contribution in [0.1, 0.15) is 32.8 Å². The highest BCUT2D eigenvalue weighted by atomic mass is 16.5. The molecule has 0 radical (unpaired) electrons. The Kier molecular flexibility index (Phi) is 3.99. The maximum Gasteiger partial charge on any atom is 0.315 e. The van der Waals surface area contributed by atoms with Crippen LogP contribution < -0.4 is 10.6 Å². The van der Waals surface area contributed by atoms with Crippen molar-refractivity contribution in [1.29, 1.82) is 0 Å². The Morgan fingerprint density at radius 2 is 2.25 bits per heavy atom. The number of carbonyl (C=O) groups excluding carboxylic acids is 1. The summed E-state index contributed by atoms with van der Waals surface area (Å²) in [5.74, 6) is 0. The van der Waals surface area contributed by atoms with Crippen LogP contribution in [-0.2, 0) is 11.3 Å². The van der Waals surface area contributed by atoms with Crippen molar-refractivity contribution in [2.24, 2.45) is 5.41 Å². The Morgan fingerprint density at radius 1 is 1.50 bits per heavy atom. The number of hydrogen-bond acceptors (Lipinski definition) is 3. The van der Waals surface area contributed by atoms with Crippen molar-refractivity contribution in [1.82, 2.24) is 15.6 Å². The molecule has 0 aliphatic heterocycles. The van der Waals surface area contributed by atoms with Crippen LogP contribution in [0.2, 0.25) is 0 Å². The average Bonchev–Trinajstić information content (AvgIpc) is 2.45. The molecule has 1 fully saturated rings. The number of pyridine rings is 1. The Hall–Kier alpha value is -1.62. The number of nitrogens with one attached hydrogen (secondary N) is 2. The highest BCUT2D eigenvalue weighted by Crippen LogP contribution is 2.51. The first kappa shape index (κ1) is 14.8. The molecule has 1 saturated carbocycles. The van der Waals surface area contributed by atoms with Crippen molar-refractivity contribution in [3.8, 4) is 0 Å². The topological polar surface area (TPSA) is 63.2 Å². The average molecular weight is 277 g/mol. The summed E-state index contributed by atoms with van der Waals surface area (Å²) in [5.41, 5.74) is 0.735. The number of urea groups is 1. The monoisotopic (exact) mass is 277 g/mol. The van der Waals surface area contributed by atoms with E-state index in [2.05, 4.69) is 36.4 Å². The van der Waals surface area contributed by atoms with Crippen molar-refractivity contribution >= 4 is 6.03 Å². The van der Waals surface area contributed by atoms with Gasteiger partial charge in [-0.25, -0.2) is 4.79 Å². The molecule has 0 bridgehead atoms. The first-order chi connectivity index (χ1) is 9.39. The lowest BCUT2D eigenvalue weighted by Crippen LogP contribution is -2.69. The number of aromatic nitrogens is 1. The molecule has 0 aromatic carbocycles. The van der Waals surface area contributed by atoms with E-state index >= 15 is 0 Å². The second-order valence-electron chi connectivity index (χ2n) is 6.10. The van der Waals surface area contributed by atoms with E-state index in [0.29, 0.717) is 6.54 Å². The van der Waals surface area contributed by atoms with Gasteiger partial charge in [0.2, 0.25) is 0 Å². The maximum atomic E-state index is 11.9. The van der Waals surface area contributed by atoms with E-state index in [1.165, 1.54) is 0 Å². The molecule has 1 heterocycles. The van der Waals surface area contributed by atoms with Gasteiger partial charge in [-0.15, -0.1) is 0 Å². The van der Waals surface area contributed by atoms with E-state index < -0.39 is 0 Å². The summed E-state index contributed by atoms with van der Waals surface area (Å²) in [6.45, 7) is 6.80. The van der Waals surface area contributed by atoms with Crippen LogP contribution in [0.5, 0.6) is 0 Å². The first-order valence-corrected chi connectivity index (χ1v) is 6.87. The third kappa shape index (κ3) is 2.63. The van der Waals surface area contributed by atoms with Gasteiger partial charge in [0.25, 0.3) is 0 Å². The van der Waals surface area contributed by atoms with Gasteiger partial charge in [0.05, 0.1) is 5.60 Å². The summed E-state index contributed by atoms with van der Waals surface area (Å²) >= 11 is 0. The first-order valence-electron chi connectivity index (χ1n) is 6.87. The van der Waals surface area contributed by atoms with Gasteiger partial charge < -0.3 is 15.4 Å². The summed E-state index contributed by atoms with van der Waals surface area (Å²) in [7, 11) is 1.72. The van der Waals surface area contributed by atoms with Crippen LogP contribution >= 0.6 is 0 Å². The van der Waals surface area contributed by atoms with Crippen molar-refractivity contribution in [3.05, 3.63) is 30.1 Å². The molecule has 20 heavy (non-hydrogen) atoms. The van der Waals surface area contributed by atoms with Crippen molar-refractivity contribution < 1.29 is 9.53 Å². The van der Waals surface area contributed by atoms with Crippen LogP contribution in [-0.4, -0.2) is 29.8 Å². The van der Waals surface area contributed by atoms with Crippen molar-refractivity contribution in [3.63, 3.8) is 0 Å². The molecule has 1 aliphatic rings. The number of rotatable bonds is 4. The third-order valence-electron chi connectivity index (χ3n) is 4.76. The second kappa shape index (κ2) is 5.40. The summed E-state index contributed by atoms with van der Waals surface area (Å²) in [6.07, 6.45) is 4.29. The van der Waals surface area contributed by atoms with Gasteiger partial charge in [-0.1, -0.05) is 19.9 Å². The molecule has 110 valence electrons. The Morgan fingerprint density at radius 3 is 2.80 bits per heavy atom. The van der Waals surface area contributed by atoms with Crippen molar-refractivity contribution in [2.45, 2.75) is 45.4 Å². The van der Waals surface area contributed by atoms with E-state index in [9.17, 15) is 4.79 Å². The zero-order valence-corrected chi connectivity index (χ0v) is 12.6. The number of nitrogens with zero attached hydrogens (tertiary/aromatic N) is 1. The largest absolute Gasteiger partial charge is 0.378 e. The van der Waals surface area contributed by atoms with Gasteiger partial charge in [0.15, 0.2) is 0 Å². The molecule has 2 N–H and O–H groups in total. The third-order valence-corrected chi connectivity index (χ3v) is 4.76. The lowest BCUT2D eigenvalue weighted by Gasteiger charge is -2.59. The van der Waals surface area contributed by atoms with E-state index in [0.717, 1.165) is 12.0 Å². The van der Waals surface area contributed by atoms with Gasteiger partial charge in [0, 0.05) is 37.5 Å². The van der Waals surface area contributed by atoms with E-state index in [4.69, 9.17) is 4.74 Å². The van der Waals surface area contributed by atoms with E-state index in [1.54, 1.807) is 19.5 Å². The Balaban J connectivity index is 1.82. The van der Waals surface area contributed by atoms with Gasteiger partial charge in [-0.2, -0.15) is 0 Å². The number of carbonyl (C=O) groups is 1. The maximum absolute atomic E-state index is 11.9. The molecular formula is C15H23N3O2. The zero-order chi connectivity index (χ0) is 14.8. The molecule has 0 spiro atoms. The van der Waals surface area contributed by atoms with E-state index in [-0.39, 0.29) is 23.1 Å². The second-order valence-corrected chi connectivity index (χ2v) is 6.10. The smallest absolute Gasteiger partial charge is 0.315 e. The normalized spacial score (nSPS) is 27.5. The van der Waals surface area contributed by atoms with E-state index in [1.807, 2.05) is 12.1 Å². The zero-order valence-electron chi connectivity index (χ0n) is 12.6. The minimum Gasteiger partial charge on any atom is -0.378 e. The van der Waals surface area contributed by atoms with Gasteiger partial charge in [-0.3, -0.25) is 4.98 Å². The fourth-order valence-corrected chi connectivity index (χ4v) is 2.62.